The van der Waals surface area contributed by atoms with Crippen molar-refractivity contribution in [2.75, 3.05) is 0 Å². The Balaban J connectivity index is 1.97. The molecule has 20 heavy (non-hydrogen) atoms. The Morgan fingerprint density at radius 2 is 1.90 bits per heavy atom. The van der Waals surface area contributed by atoms with Crippen molar-refractivity contribution in [1.29, 1.82) is 0 Å². The molecule has 1 unspecified atom stereocenters. The van der Waals surface area contributed by atoms with Crippen molar-refractivity contribution in [3.05, 3.63) is 71.0 Å². The zero-order valence-electron chi connectivity index (χ0n) is 10.4. The number of fused-ring (bicyclic) bond motifs is 3. The molecular formula is C15H10ClN3S. The quantitative estimate of drug-likeness (QED) is 0.677. The number of thioether (sulfide) groups is 1. The second-order valence-corrected chi connectivity index (χ2v) is 6.05. The van der Waals surface area contributed by atoms with E-state index in [0.29, 0.717) is 0 Å². The highest BCUT2D eigenvalue weighted by Crippen LogP contribution is 2.48. The maximum absolute atomic E-state index is 6.39. The Morgan fingerprint density at radius 1 is 1.05 bits per heavy atom. The van der Waals surface area contributed by atoms with Gasteiger partial charge >= 0.3 is 0 Å². The number of halogens is 1. The summed E-state index contributed by atoms with van der Waals surface area (Å²) in [6, 6.07) is 16.4. The van der Waals surface area contributed by atoms with Crippen LogP contribution in [-0.2, 0) is 0 Å². The van der Waals surface area contributed by atoms with Gasteiger partial charge in [-0.1, -0.05) is 65.8 Å². The largest absolute Gasteiger partial charge is 0.275 e. The summed E-state index contributed by atoms with van der Waals surface area (Å²) in [7, 11) is 0. The summed E-state index contributed by atoms with van der Waals surface area (Å²) in [6.45, 7) is 0. The molecule has 2 aromatic carbocycles. The molecule has 2 heterocycles. The van der Waals surface area contributed by atoms with Crippen LogP contribution in [-0.4, -0.2) is 14.8 Å². The van der Waals surface area contributed by atoms with Crippen LogP contribution in [0.2, 0.25) is 5.02 Å². The van der Waals surface area contributed by atoms with E-state index in [-0.39, 0.29) is 5.25 Å². The minimum Gasteiger partial charge on any atom is -0.275 e. The van der Waals surface area contributed by atoms with Gasteiger partial charge in [0.1, 0.15) is 6.33 Å². The van der Waals surface area contributed by atoms with E-state index in [9.17, 15) is 0 Å². The molecule has 3 aromatic rings. The van der Waals surface area contributed by atoms with Gasteiger partial charge in [-0.3, -0.25) is 4.57 Å². The Morgan fingerprint density at radius 3 is 2.75 bits per heavy atom. The Labute approximate surface area is 125 Å². The summed E-state index contributed by atoms with van der Waals surface area (Å²) in [6.07, 6.45) is 1.72. The van der Waals surface area contributed by atoms with Gasteiger partial charge < -0.3 is 0 Å². The van der Waals surface area contributed by atoms with Crippen LogP contribution < -0.4 is 0 Å². The van der Waals surface area contributed by atoms with E-state index in [0.717, 1.165) is 15.9 Å². The lowest BCUT2D eigenvalue weighted by Gasteiger charge is -2.26. The summed E-state index contributed by atoms with van der Waals surface area (Å²) in [5.74, 6) is 0. The minimum atomic E-state index is 0.196. The van der Waals surface area contributed by atoms with E-state index in [4.69, 9.17) is 11.6 Å². The first-order valence-electron chi connectivity index (χ1n) is 6.25. The van der Waals surface area contributed by atoms with E-state index < -0.39 is 0 Å². The van der Waals surface area contributed by atoms with Gasteiger partial charge in [-0.05, 0) is 17.2 Å². The lowest BCUT2D eigenvalue weighted by molar-refractivity contribution is 0.847. The van der Waals surface area contributed by atoms with Crippen molar-refractivity contribution in [2.45, 2.75) is 10.4 Å². The molecule has 0 saturated carbocycles. The third-order valence-corrected chi connectivity index (χ3v) is 4.94. The van der Waals surface area contributed by atoms with Crippen molar-refractivity contribution in [1.82, 2.24) is 14.8 Å². The normalized spacial score (nSPS) is 16.6. The third-order valence-electron chi connectivity index (χ3n) is 3.38. The lowest BCUT2D eigenvalue weighted by atomic mass is 10.0. The lowest BCUT2D eigenvalue weighted by Crippen LogP contribution is -2.11. The summed E-state index contributed by atoms with van der Waals surface area (Å²) in [5.41, 5.74) is 3.43. The summed E-state index contributed by atoms with van der Waals surface area (Å²) < 4.78 is 1.96. The van der Waals surface area contributed by atoms with E-state index >= 15 is 0 Å². The highest BCUT2D eigenvalue weighted by Gasteiger charge is 2.29. The molecule has 0 bridgehead atoms. The zero-order valence-corrected chi connectivity index (χ0v) is 12.0. The molecule has 0 N–H and O–H groups in total. The average molecular weight is 300 g/mol. The molecule has 0 amide bonds. The highest BCUT2D eigenvalue weighted by molar-refractivity contribution is 7.99. The van der Waals surface area contributed by atoms with Crippen molar-refractivity contribution in [2.24, 2.45) is 0 Å². The second-order valence-electron chi connectivity index (χ2n) is 4.57. The molecule has 98 valence electrons. The van der Waals surface area contributed by atoms with Gasteiger partial charge in [0.25, 0.3) is 0 Å². The summed E-state index contributed by atoms with van der Waals surface area (Å²) in [5, 5.41) is 9.99. The van der Waals surface area contributed by atoms with E-state index in [1.54, 1.807) is 18.1 Å². The van der Waals surface area contributed by atoms with Crippen molar-refractivity contribution in [3.8, 4) is 5.69 Å². The molecule has 1 aromatic heterocycles. The van der Waals surface area contributed by atoms with Crippen LogP contribution in [0.4, 0.5) is 0 Å². The molecule has 1 aliphatic heterocycles. The number of para-hydroxylation sites is 1. The minimum absolute atomic E-state index is 0.196. The van der Waals surface area contributed by atoms with Crippen LogP contribution in [0.3, 0.4) is 0 Å². The average Bonchev–Trinajstić information content (AvgIpc) is 2.95. The number of nitrogens with zero attached hydrogens (tertiary/aromatic N) is 3. The molecule has 0 saturated heterocycles. The first-order chi connectivity index (χ1) is 9.84. The second kappa shape index (κ2) is 4.65. The molecule has 0 spiro atoms. The standard InChI is InChI=1S/C15H10ClN3S/c16-12-8-4-7-11-13(12)19-9-17-18-15(19)20-14(11)10-5-2-1-3-6-10/h1-9,14H. The number of aromatic nitrogens is 3. The maximum atomic E-state index is 6.39. The molecule has 0 fully saturated rings. The van der Waals surface area contributed by atoms with Crippen LogP contribution in [0, 0.1) is 0 Å². The molecule has 5 heteroatoms. The SMILES string of the molecule is Clc1cccc2c1-n1cnnc1SC2c1ccccc1. The fraction of sp³-hybridized carbons (Fsp3) is 0.0667. The van der Waals surface area contributed by atoms with Gasteiger partial charge in [0.2, 0.25) is 0 Å². The van der Waals surface area contributed by atoms with Gasteiger partial charge in [0.05, 0.1) is 16.0 Å². The number of rotatable bonds is 1. The predicted molar refractivity (Wildman–Crippen MR) is 80.5 cm³/mol. The topological polar surface area (TPSA) is 30.7 Å². The number of benzene rings is 2. The fourth-order valence-electron chi connectivity index (χ4n) is 2.50. The van der Waals surface area contributed by atoms with Gasteiger partial charge in [0, 0.05) is 0 Å². The van der Waals surface area contributed by atoms with Crippen molar-refractivity contribution >= 4 is 23.4 Å². The molecular weight excluding hydrogens is 290 g/mol. The smallest absolute Gasteiger partial charge is 0.196 e. The van der Waals surface area contributed by atoms with Gasteiger partial charge in [-0.15, -0.1) is 10.2 Å². The van der Waals surface area contributed by atoms with E-state index in [2.05, 4.69) is 40.5 Å². The molecule has 3 nitrogen and oxygen atoms in total. The Kier molecular flexibility index (Phi) is 2.79. The van der Waals surface area contributed by atoms with Gasteiger partial charge in [0.15, 0.2) is 5.16 Å². The van der Waals surface area contributed by atoms with E-state index in [1.165, 1.54) is 11.1 Å². The number of hydrogen-bond acceptors (Lipinski definition) is 3. The van der Waals surface area contributed by atoms with Crippen molar-refractivity contribution < 1.29 is 0 Å². The zero-order chi connectivity index (χ0) is 13.5. The predicted octanol–water partition coefficient (Wildman–Crippen LogP) is 4.12. The van der Waals surface area contributed by atoms with Crippen LogP contribution in [0.25, 0.3) is 5.69 Å². The first-order valence-corrected chi connectivity index (χ1v) is 7.51. The fourth-order valence-corrected chi connectivity index (χ4v) is 3.94. The number of hydrogen-bond donors (Lipinski definition) is 0. The molecule has 1 atom stereocenters. The Hall–Kier alpha value is -1.78. The van der Waals surface area contributed by atoms with E-state index in [1.807, 2.05) is 22.8 Å². The van der Waals surface area contributed by atoms with Gasteiger partial charge in [-0.2, -0.15) is 0 Å². The monoisotopic (exact) mass is 299 g/mol. The summed E-state index contributed by atoms with van der Waals surface area (Å²) >= 11 is 8.09. The molecule has 4 rings (SSSR count). The third kappa shape index (κ3) is 1.76. The van der Waals surface area contributed by atoms with Crippen LogP contribution in [0.1, 0.15) is 16.4 Å². The van der Waals surface area contributed by atoms with Crippen LogP contribution in [0.15, 0.2) is 60.0 Å². The molecule has 0 aliphatic carbocycles. The maximum Gasteiger partial charge on any atom is 0.196 e. The van der Waals surface area contributed by atoms with Crippen LogP contribution in [0.5, 0.6) is 0 Å². The van der Waals surface area contributed by atoms with Crippen LogP contribution >= 0.6 is 23.4 Å². The van der Waals surface area contributed by atoms with Gasteiger partial charge in [-0.25, -0.2) is 0 Å². The highest BCUT2D eigenvalue weighted by atomic mass is 35.5. The first kappa shape index (κ1) is 12.0. The van der Waals surface area contributed by atoms with Crippen molar-refractivity contribution in [3.63, 3.8) is 0 Å². The summed E-state index contributed by atoms with van der Waals surface area (Å²) in [4.78, 5) is 0. The Bertz CT molecular complexity index is 770. The molecule has 0 radical (unpaired) electrons. The molecule has 1 aliphatic rings.